The van der Waals surface area contributed by atoms with Gasteiger partial charge in [0, 0.05) is 18.1 Å². The number of thioether (sulfide) groups is 1. The van der Waals surface area contributed by atoms with Crippen LogP contribution in [0.15, 0.2) is 10.6 Å². The Hall–Kier alpha value is -1.06. The number of nitrogens with one attached hydrogen (secondary N) is 2. The van der Waals surface area contributed by atoms with Crippen LogP contribution in [0.1, 0.15) is 32.6 Å². The number of carbonyl (C=O) groups excluding carboxylic acids is 1. The van der Waals surface area contributed by atoms with Crippen LogP contribution in [0, 0.1) is 17.2 Å². The van der Waals surface area contributed by atoms with Crippen LogP contribution >= 0.6 is 24.0 Å². The average molecular weight is 281 g/mol. The second-order valence-electron chi connectivity index (χ2n) is 4.54. The molecule has 0 bridgehead atoms. The number of nitrogens with zero attached hydrogens (tertiary/aromatic N) is 1. The minimum atomic E-state index is -0.202. The molecular weight excluding hydrogens is 266 g/mol. The normalized spacial score (nSPS) is 26.2. The lowest BCUT2D eigenvalue weighted by Gasteiger charge is -2.24. The van der Waals surface area contributed by atoms with Crippen molar-refractivity contribution in [3.05, 3.63) is 10.6 Å². The molecular formula is C12H15N3OS2. The molecule has 1 heterocycles. The molecule has 1 amide bonds. The maximum Gasteiger partial charge on any atom is 0.222 e. The zero-order valence-corrected chi connectivity index (χ0v) is 11.8. The minimum Gasteiger partial charge on any atom is -0.326 e. The van der Waals surface area contributed by atoms with Crippen LogP contribution in [-0.4, -0.2) is 16.3 Å². The van der Waals surface area contributed by atoms with E-state index in [0.717, 1.165) is 23.4 Å². The number of rotatable bonds is 1. The van der Waals surface area contributed by atoms with Crippen molar-refractivity contribution in [1.29, 1.82) is 5.26 Å². The summed E-state index contributed by atoms with van der Waals surface area (Å²) in [6, 6.07) is 2.30. The highest BCUT2D eigenvalue weighted by molar-refractivity contribution is 8.04. The van der Waals surface area contributed by atoms with Gasteiger partial charge in [-0.1, -0.05) is 12.8 Å². The van der Waals surface area contributed by atoms with E-state index in [1.54, 1.807) is 11.8 Å². The van der Waals surface area contributed by atoms with E-state index in [1.165, 1.54) is 19.8 Å². The smallest absolute Gasteiger partial charge is 0.222 e. The third-order valence-corrected chi connectivity index (χ3v) is 4.85. The fourth-order valence-electron chi connectivity index (χ4n) is 2.48. The van der Waals surface area contributed by atoms with Crippen molar-refractivity contribution in [2.75, 3.05) is 0 Å². The molecule has 0 aromatic heterocycles. The minimum absolute atomic E-state index is 0.202. The first kappa shape index (κ1) is 13.4. The first-order valence-corrected chi connectivity index (χ1v) is 7.30. The van der Waals surface area contributed by atoms with Crippen molar-refractivity contribution in [1.82, 2.24) is 10.6 Å². The lowest BCUT2D eigenvalue weighted by molar-refractivity contribution is -0.117. The molecule has 1 fully saturated rings. The van der Waals surface area contributed by atoms with Gasteiger partial charge in [-0.25, -0.2) is 0 Å². The van der Waals surface area contributed by atoms with Crippen LogP contribution in [0.3, 0.4) is 0 Å². The van der Waals surface area contributed by atoms with Gasteiger partial charge in [0.1, 0.15) is 0 Å². The zero-order chi connectivity index (χ0) is 13.1. The van der Waals surface area contributed by atoms with Gasteiger partial charge < -0.3 is 10.6 Å². The predicted molar refractivity (Wildman–Crippen MR) is 75.5 cm³/mol. The molecule has 2 rings (SSSR count). The van der Waals surface area contributed by atoms with Crippen molar-refractivity contribution in [3.63, 3.8) is 0 Å². The van der Waals surface area contributed by atoms with Crippen LogP contribution in [0.4, 0.5) is 0 Å². The second-order valence-corrected chi connectivity index (χ2v) is 6.19. The summed E-state index contributed by atoms with van der Waals surface area (Å²) >= 11 is 6.72. The third-order valence-electron chi connectivity index (χ3n) is 3.22. The van der Waals surface area contributed by atoms with Crippen LogP contribution < -0.4 is 10.6 Å². The molecule has 0 spiro atoms. The molecule has 2 atom stereocenters. The molecule has 4 nitrogen and oxygen atoms in total. The Morgan fingerprint density at radius 1 is 1.50 bits per heavy atom. The highest BCUT2D eigenvalue weighted by atomic mass is 32.2. The molecule has 0 unspecified atom stereocenters. The van der Waals surface area contributed by atoms with E-state index in [-0.39, 0.29) is 11.0 Å². The Morgan fingerprint density at radius 2 is 2.22 bits per heavy atom. The lowest BCUT2D eigenvalue weighted by atomic mass is 9.84. The van der Waals surface area contributed by atoms with Crippen LogP contribution in [0.2, 0.25) is 0 Å². The van der Waals surface area contributed by atoms with Gasteiger partial charge in [-0.2, -0.15) is 5.26 Å². The maximum atomic E-state index is 10.9. The molecule has 0 aromatic carbocycles. The number of amides is 1. The van der Waals surface area contributed by atoms with Gasteiger partial charge in [0.25, 0.3) is 0 Å². The zero-order valence-electron chi connectivity index (χ0n) is 10.2. The molecule has 1 aliphatic carbocycles. The Balaban J connectivity index is 2.08. The largest absolute Gasteiger partial charge is 0.326 e. The molecule has 1 saturated carbocycles. The summed E-state index contributed by atoms with van der Waals surface area (Å²) in [6.07, 6.45) is 4.66. The van der Waals surface area contributed by atoms with Crippen molar-refractivity contribution in [3.8, 4) is 6.07 Å². The number of fused-ring (bicyclic) bond motifs is 1. The second kappa shape index (κ2) is 5.72. The third kappa shape index (κ3) is 2.85. The number of nitriles is 1. The summed E-state index contributed by atoms with van der Waals surface area (Å²) in [7, 11) is 0. The molecule has 2 aliphatic rings. The van der Waals surface area contributed by atoms with Crippen LogP contribution in [0.25, 0.3) is 0 Å². The standard InChI is InChI=1S/C12H15N3OS2/c1-7(16)14-12(17)15-11-9(6-13)8-4-2-3-5-10(8)18-11/h8,10H,2-5H2,1H3,(H2,14,15,16,17)/t8-,10+/m1/s1. The highest BCUT2D eigenvalue weighted by Crippen LogP contribution is 2.47. The predicted octanol–water partition coefficient (Wildman–Crippen LogP) is 2.04. The van der Waals surface area contributed by atoms with Crippen LogP contribution in [0.5, 0.6) is 0 Å². The van der Waals surface area contributed by atoms with Gasteiger partial charge in [-0.15, -0.1) is 11.8 Å². The number of thiocarbonyl (C=S) groups is 1. The van der Waals surface area contributed by atoms with E-state index in [9.17, 15) is 10.1 Å². The van der Waals surface area contributed by atoms with E-state index < -0.39 is 0 Å². The van der Waals surface area contributed by atoms with Crippen molar-refractivity contribution in [2.45, 2.75) is 37.9 Å². The first-order valence-electron chi connectivity index (χ1n) is 6.01. The lowest BCUT2D eigenvalue weighted by Crippen LogP contribution is -2.37. The number of hydrogen-bond donors (Lipinski definition) is 2. The Kier molecular flexibility index (Phi) is 4.25. The molecule has 6 heteroatoms. The summed E-state index contributed by atoms with van der Waals surface area (Å²) in [5, 5.41) is 16.4. The quantitative estimate of drug-likeness (QED) is 0.720. The summed E-state index contributed by atoms with van der Waals surface area (Å²) < 4.78 is 0. The van der Waals surface area contributed by atoms with Gasteiger partial charge in [-0.3, -0.25) is 4.79 Å². The number of carbonyl (C=O) groups is 1. The van der Waals surface area contributed by atoms with E-state index in [1.807, 2.05) is 0 Å². The van der Waals surface area contributed by atoms with Gasteiger partial charge in [-0.05, 0) is 25.1 Å². The Morgan fingerprint density at radius 3 is 2.89 bits per heavy atom. The molecule has 2 N–H and O–H groups in total. The molecule has 18 heavy (non-hydrogen) atoms. The highest BCUT2D eigenvalue weighted by Gasteiger charge is 2.37. The van der Waals surface area contributed by atoms with E-state index in [0.29, 0.717) is 11.2 Å². The molecule has 0 aromatic rings. The van der Waals surface area contributed by atoms with Crippen molar-refractivity contribution < 1.29 is 4.79 Å². The van der Waals surface area contributed by atoms with Gasteiger partial charge >= 0.3 is 0 Å². The van der Waals surface area contributed by atoms with Crippen molar-refractivity contribution in [2.24, 2.45) is 5.92 Å². The molecule has 0 saturated heterocycles. The fourth-order valence-corrected chi connectivity index (χ4v) is 4.30. The number of hydrogen-bond acceptors (Lipinski definition) is 4. The molecule has 96 valence electrons. The van der Waals surface area contributed by atoms with E-state index in [2.05, 4.69) is 16.7 Å². The van der Waals surface area contributed by atoms with E-state index in [4.69, 9.17) is 12.2 Å². The first-order chi connectivity index (χ1) is 8.61. The fraction of sp³-hybridized carbons (Fsp3) is 0.583. The Labute approximate surface area is 116 Å². The average Bonchev–Trinajstić information content (AvgIpc) is 2.64. The van der Waals surface area contributed by atoms with Crippen LogP contribution in [-0.2, 0) is 4.79 Å². The van der Waals surface area contributed by atoms with Gasteiger partial charge in [0.15, 0.2) is 5.11 Å². The summed E-state index contributed by atoms with van der Waals surface area (Å²) in [5.41, 5.74) is 0.803. The number of allylic oxidation sites excluding steroid dienone is 1. The topological polar surface area (TPSA) is 64.9 Å². The van der Waals surface area contributed by atoms with Crippen molar-refractivity contribution >= 4 is 35.0 Å². The maximum absolute atomic E-state index is 10.9. The molecule has 0 radical (unpaired) electrons. The van der Waals surface area contributed by atoms with Gasteiger partial charge in [0.2, 0.25) is 5.91 Å². The Bertz CT molecular complexity index is 453. The van der Waals surface area contributed by atoms with E-state index >= 15 is 0 Å². The SMILES string of the molecule is CC(=O)NC(=S)NC1=C(C#N)[C@H]2CCCC[C@@H]2S1. The summed E-state index contributed by atoms with van der Waals surface area (Å²) in [4.78, 5) is 10.9. The summed E-state index contributed by atoms with van der Waals surface area (Å²) in [6.45, 7) is 1.41. The summed E-state index contributed by atoms with van der Waals surface area (Å²) in [5.74, 6) is 0.156. The molecule has 1 aliphatic heterocycles. The van der Waals surface area contributed by atoms with Gasteiger partial charge in [0.05, 0.1) is 16.7 Å². The monoisotopic (exact) mass is 281 g/mol.